The van der Waals surface area contributed by atoms with Crippen molar-refractivity contribution in [1.29, 1.82) is 0 Å². The Hall–Kier alpha value is -1.23. The van der Waals surface area contributed by atoms with E-state index in [0.29, 0.717) is 0 Å². The van der Waals surface area contributed by atoms with Gasteiger partial charge in [0.25, 0.3) is 0 Å². The van der Waals surface area contributed by atoms with Crippen LogP contribution in [0.1, 0.15) is 22.0 Å². The SMILES string of the molecule is O[C@H]1Cc2ccccc2[C@H]1NCc1cncs1. The molecular weight excluding hydrogens is 232 g/mol. The van der Waals surface area contributed by atoms with Gasteiger partial charge in [-0.2, -0.15) is 0 Å². The van der Waals surface area contributed by atoms with E-state index in [-0.39, 0.29) is 12.1 Å². The van der Waals surface area contributed by atoms with Gasteiger partial charge in [-0.25, -0.2) is 0 Å². The number of aliphatic hydroxyl groups is 1. The van der Waals surface area contributed by atoms with E-state index in [1.54, 1.807) is 11.3 Å². The lowest BCUT2D eigenvalue weighted by atomic mass is 10.1. The summed E-state index contributed by atoms with van der Waals surface area (Å²) in [5.74, 6) is 0. The molecule has 1 aromatic heterocycles. The zero-order valence-electron chi connectivity index (χ0n) is 9.34. The zero-order valence-corrected chi connectivity index (χ0v) is 10.2. The number of rotatable bonds is 3. The first-order valence-corrected chi connectivity index (χ1v) is 6.59. The average Bonchev–Trinajstić information content (AvgIpc) is 2.93. The topological polar surface area (TPSA) is 45.1 Å². The number of nitrogens with zero attached hydrogens (tertiary/aromatic N) is 1. The van der Waals surface area contributed by atoms with E-state index in [1.165, 1.54) is 16.0 Å². The largest absolute Gasteiger partial charge is 0.391 e. The van der Waals surface area contributed by atoms with Gasteiger partial charge in [-0.1, -0.05) is 24.3 Å². The van der Waals surface area contributed by atoms with Gasteiger partial charge < -0.3 is 10.4 Å². The van der Waals surface area contributed by atoms with Crippen molar-refractivity contribution in [2.75, 3.05) is 0 Å². The lowest BCUT2D eigenvalue weighted by molar-refractivity contribution is 0.141. The summed E-state index contributed by atoms with van der Waals surface area (Å²) in [7, 11) is 0. The van der Waals surface area contributed by atoms with Crippen LogP contribution in [-0.2, 0) is 13.0 Å². The van der Waals surface area contributed by atoms with Crippen LogP contribution >= 0.6 is 11.3 Å². The van der Waals surface area contributed by atoms with Gasteiger partial charge in [0.15, 0.2) is 0 Å². The van der Waals surface area contributed by atoms with Crippen LogP contribution < -0.4 is 5.32 Å². The van der Waals surface area contributed by atoms with Gasteiger partial charge in [-0.15, -0.1) is 11.3 Å². The number of thiazole rings is 1. The van der Waals surface area contributed by atoms with Crippen molar-refractivity contribution in [2.24, 2.45) is 0 Å². The highest BCUT2D eigenvalue weighted by Crippen LogP contribution is 2.31. The fourth-order valence-electron chi connectivity index (χ4n) is 2.36. The molecule has 0 saturated carbocycles. The van der Waals surface area contributed by atoms with E-state index in [4.69, 9.17) is 0 Å². The van der Waals surface area contributed by atoms with Gasteiger partial charge >= 0.3 is 0 Å². The van der Waals surface area contributed by atoms with E-state index in [0.717, 1.165) is 13.0 Å². The number of aliphatic hydroxyl groups excluding tert-OH is 1. The highest BCUT2D eigenvalue weighted by molar-refractivity contribution is 7.09. The molecule has 3 rings (SSSR count). The summed E-state index contributed by atoms with van der Waals surface area (Å²) in [5.41, 5.74) is 4.31. The second-order valence-electron chi connectivity index (χ2n) is 4.30. The Morgan fingerprint density at radius 3 is 3.12 bits per heavy atom. The van der Waals surface area contributed by atoms with Gasteiger partial charge in [0.1, 0.15) is 0 Å². The van der Waals surface area contributed by atoms with Gasteiger partial charge in [0.05, 0.1) is 17.7 Å². The van der Waals surface area contributed by atoms with Gasteiger partial charge in [-0.3, -0.25) is 4.98 Å². The number of benzene rings is 1. The minimum atomic E-state index is -0.319. The van der Waals surface area contributed by atoms with Crippen molar-refractivity contribution in [2.45, 2.75) is 25.1 Å². The van der Waals surface area contributed by atoms with E-state index >= 15 is 0 Å². The minimum absolute atomic E-state index is 0.0494. The summed E-state index contributed by atoms with van der Waals surface area (Å²) < 4.78 is 0. The van der Waals surface area contributed by atoms with Crippen LogP contribution in [0, 0.1) is 0 Å². The normalized spacial score (nSPS) is 22.6. The minimum Gasteiger partial charge on any atom is -0.391 e. The van der Waals surface area contributed by atoms with Crippen molar-refractivity contribution in [3.8, 4) is 0 Å². The van der Waals surface area contributed by atoms with Crippen LogP contribution in [-0.4, -0.2) is 16.2 Å². The number of hydrogen-bond donors (Lipinski definition) is 2. The molecule has 0 amide bonds. The number of hydrogen-bond acceptors (Lipinski definition) is 4. The molecule has 88 valence electrons. The molecule has 2 aromatic rings. The van der Waals surface area contributed by atoms with Gasteiger partial charge in [-0.05, 0) is 11.1 Å². The molecule has 0 unspecified atom stereocenters. The Balaban J connectivity index is 1.75. The molecular formula is C13H14N2OS. The van der Waals surface area contributed by atoms with Crippen molar-refractivity contribution >= 4 is 11.3 Å². The lowest BCUT2D eigenvalue weighted by Gasteiger charge is -2.17. The van der Waals surface area contributed by atoms with E-state index in [1.807, 2.05) is 23.8 Å². The quantitative estimate of drug-likeness (QED) is 0.869. The summed E-state index contributed by atoms with van der Waals surface area (Å²) in [6.07, 6.45) is 2.29. The van der Waals surface area contributed by atoms with Crippen LogP contribution in [0.4, 0.5) is 0 Å². The van der Waals surface area contributed by atoms with Crippen LogP contribution in [0.25, 0.3) is 0 Å². The van der Waals surface area contributed by atoms with Crippen LogP contribution in [0.5, 0.6) is 0 Å². The third-order valence-electron chi connectivity index (χ3n) is 3.18. The van der Waals surface area contributed by atoms with Crippen molar-refractivity contribution in [3.05, 3.63) is 52.0 Å². The van der Waals surface area contributed by atoms with Gasteiger partial charge in [0, 0.05) is 24.0 Å². The third-order valence-corrected chi connectivity index (χ3v) is 3.96. The van der Waals surface area contributed by atoms with E-state index < -0.39 is 0 Å². The predicted octanol–water partition coefficient (Wildman–Crippen LogP) is 1.89. The third kappa shape index (κ3) is 2.11. The molecule has 1 aliphatic rings. The second-order valence-corrected chi connectivity index (χ2v) is 5.27. The predicted molar refractivity (Wildman–Crippen MR) is 67.8 cm³/mol. The maximum Gasteiger partial charge on any atom is 0.0794 e. The highest BCUT2D eigenvalue weighted by atomic mass is 32.1. The average molecular weight is 246 g/mol. The molecule has 0 spiro atoms. The molecule has 0 saturated heterocycles. The Bertz CT molecular complexity index is 498. The first-order chi connectivity index (χ1) is 8.34. The Labute approximate surface area is 104 Å². The fraction of sp³-hybridized carbons (Fsp3) is 0.308. The molecule has 3 nitrogen and oxygen atoms in total. The molecule has 0 aliphatic heterocycles. The summed E-state index contributed by atoms with van der Waals surface area (Å²) in [6.45, 7) is 0.765. The van der Waals surface area contributed by atoms with Crippen molar-refractivity contribution in [1.82, 2.24) is 10.3 Å². The molecule has 2 atom stereocenters. The summed E-state index contributed by atoms with van der Waals surface area (Å²) in [5, 5.41) is 13.5. The second kappa shape index (κ2) is 4.56. The van der Waals surface area contributed by atoms with Gasteiger partial charge in [0.2, 0.25) is 0 Å². The number of nitrogens with one attached hydrogen (secondary N) is 1. The zero-order chi connectivity index (χ0) is 11.7. The van der Waals surface area contributed by atoms with E-state index in [2.05, 4.69) is 22.4 Å². The smallest absolute Gasteiger partial charge is 0.0794 e. The molecule has 0 fully saturated rings. The first kappa shape index (κ1) is 10.9. The Morgan fingerprint density at radius 2 is 2.29 bits per heavy atom. The number of aromatic nitrogens is 1. The van der Waals surface area contributed by atoms with Crippen LogP contribution in [0.3, 0.4) is 0 Å². The maximum atomic E-state index is 10.1. The Morgan fingerprint density at radius 1 is 1.41 bits per heavy atom. The molecule has 0 bridgehead atoms. The summed E-state index contributed by atoms with van der Waals surface area (Å²) in [6, 6.07) is 8.28. The standard InChI is InChI=1S/C13H14N2OS/c16-12-5-9-3-1-2-4-11(9)13(12)15-7-10-6-14-8-17-10/h1-4,6,8,12-13,15-16H,5,7H2/t12-,13+/m0/s1. The maximum absolute atomic E-state index is 10.1. The van der Waals surface area contributed by atoms with E-state index in [9.17, 15) is 5.11 Å². The molecule has 17 heavy (non-hydrogen) atoms. The molecule has 4 heteroatoms. The number of fused-ring (bicyclic) bond motifs is 1. The summed E-state index contributed by atoms with van der Waals surface area (Å²) >= 11 is 1.63. The fourth-order valence-corrected chi connectivity index (χ4v) is 2.91. The highest BCUT2D eigenvalue weighted by Gasteiger charge is 2.30. The molecule has 1 aromatic carbocycles. The van der Waals surface area contributed by atoms with Crippen molar-refractivity contribution in [3.63, 3.8) is 0 Å². The van der Waals surface area contributed by atoms with Crippen LogP contribution in [0.2, 0.25) is 0 Å². The molecule has 1 aliphatic carbocycles. The monoisotopic (exact) mass is 246 g/mol. The molecule has 0 radical (unpaired) electrons. The summed E-state index contributed by atoms with van der Waals surface area (Å²) in [4.78, 5) is 5.24. The lowest BCUT2D eigenvalue weighted by Crippen LogP contribution is -2.28. The van der Waals surface area contributed by atoms with Crippen molar-refractivity contribution < 1.29 is 5.11 Å². The molecule has 1 heterocycles. The first-order valence-electron chi connectivity index (χ1n) is 5.71. The van der Waals surface area contributed by atoms with Crippen LogP contribution in [0.15, 0.2) is 36.0 Å². The molecule has 2 N–H and O–H groups in total. The Kier molecular flexibility index (Phi) is 2.93.